The Hall–Kier alpha value is -0.650. The highest BCUT2D eigenvalue weighted by atomic mass is 16.3. The molecule has 0 saturated carbocycles. The molecular weight excluding hydrogens is 184 g/mol. The Morgan fingerprint density at radius 3 is 2.64 bits per heavy atom. The lowest BCUT2D eigenvalue weighted by atomic mass is 10.2. The number of hydrogen-bond acceptors (Lipinski definition) is 4. The Bertz CT molecular complexity index is 164. The van der Waals surface area contributed by atoms with Crippen LogP contribution < -0.4 is 10.6 Å². The van der Waals surface area contributed by atoms with Crippen LogP contribution in [0.2, 0.25) is 0 Å². The minimum absolute atomic E-state index is 0.0931. The molecule has 14 heavy (non-hydrogen) atoms. The van der Waals surface area contributed by atoms with E-state index in [0.717, 1.165) is 6.42 Å². The lowest BCUT2D eigenvalue weighted by Crippen LogP contribution is -2.41. The van der Waals surface area contributed by atoms with Gasteiger partial charge in [-0.3, -0.25) is 4.79 Å². The predicted octanol–water partition coefficient (Wildman–Crippen LogP) is -1.16. The van der Waals surface area contributed by atoms with Gasteiger partial charge in [-0.05, 0) is 13.3 Å². The van der Waals surface area contributed by atoms with E-state index in [1.807, 2.05) is 13.8 Å². The number of carbonyl (C=O) groups is 1. The quantitative estimate of drug-likeness (QED) is 0.422. The van der Waals surface area contributed by atoms with Crippen LogP contribution in [0.3, 0.4) is 0 Å². The van der Waals surface area contributed by atoms with Gasteiger partial charge in [0.05, 0.1) is 19.3 Å². The van der Waals surface area contributed by atoms with Crippen molar-refractivity contribution in [2.75, 3.05) is 19.7 Å². The first-order chi connectivity index (χ1) is 6.60. The Labute approximate surface area is 84.5 Å². The van der Waals surface area contributed by atoms with Gasteiger partial charge in [-0.1, -0.05) is 6.92 Å². The molecule has 1 amide bonds. The fourth-order valence-electron chi connectivity index (χ4n) is 0.845. The van der Waals surface area contributed by atoms with E-state index < -0.39 is 6.10 Å². The van der Waals surface area contributed by atoms with Gasteiger partial charge in [0.25, 0.3) is 0 Å². The molecule has 0 spiro atoms. The zero-order valence-corrected chi connectivity index (χ0v) is 8.79. The van der Waals surface area contributed by atoms with Gasteiger partial charge in [0.1, 0.15) is 0 Å². The first-order valence-electron chi connectivity index (χ1n) is 4.89. The van der Waals surface area contributed by atoms with Crippen molar-refractivity contribution in [3.05, 3.63) is 0 Å². The standard InChI is InChI=1S/C9H20N2O3/c1-3-7(2)11-9(14)5-10-4-8(13)6-12/h7-8,10,12-13H,3-6H2,1-2H3,(H,11,14). The van der Waals surface area contributed by atoms with E-state index in [2.05, 4.69) is 10.6 Å². The molecule has 0 radical (unpaired) electrons. The van der Waals surface area contributed by atoms with E-state index in [1.54, 1.807) is 0 Å². The molecule has 2 unspecified atom stereocenters. The Kier molecular flexibility index (Phi) is 7.37. The van der Waals surface area contributed by atoms with Crippen molar-refractivity contribution >= 4 is 5.91 Å². The maximum absolute atomic E-state index is 11.2. The van der Waals surface area contributed by atoms with E-state index in [1.165, 1.54) is 0 Å². The van der Waals surface area contributed by atoms with Gasteiger partial charge in [-0.2, -0.15) is 0 Å². The molecular formula is C9H20N2O3. The third kappa shape index (κ3) is 6.82. The molecule has 0 aromatic rings. The summed E-state index contributed by atoms with van der Waals surface area (Å²) >= 11 is 0. The normalized spacial score (nSPS) is 14.9. The average Bonchev–Trinajstić information content (AvgIpc) is 2.17. The third-order valence-corrected chi connectivity index (χ3v) is 1.90. The molecule has 0 saturated heterocycles. The Balaban J connectivity index is 3.44. The van der Waals surface area contributed by atoms with Crippen LogP contribution in [0.25, 0.3) is 0 Å². The summed E-state index contributed by atoms with van der Waals surface area (Å²) in [6, 6.07) is 0.173. The summed E-state index contributed by atoms with van der Waals surface area (Å²) in [6.07, 6.45) is 0.0942. The molecule has 0 bridgehead atoms. The summed E-state index contributed by atoms with van der Waals surface area (Å²) in [5, 5.41) is 23.0. The lowest BCUT2D eigenvalue weighted by molar-refractivity contribution is -0.120. The van der Waals surface area contributed by atoms with E-state index in [9.17, 15) is 4.79 Å². The predicted molar refractivity (Wildman–Crippen MR) is 53.9 cm³/mol. The van der Waals surface area contributed by atoms with E-state index in [-0.39, 0.29) is 31.6 Å². The molecule has 0 heterocycles. The molecule has 0 aromatic heterocycles. The second-order valence-corrected chi connectivity index (χ2v) is 3.34. The van der Waals surface area contributed by atoms with Crippen LogP contribution in [0.5, 0.6) is 0 Å². The van der Waals surface area contributed by atoms with Crippen LogP contribution in [0.4, 0.5) is 0 Å². The number of carbonyl (C=O) groups excluding carboxylic acids is 1. The molecule has 0 aliphatic rings. The first kappa shape index (κ1) is 13.4. The van der Waals surface area contributed by atoms with Gasteiger partial charge in [0.15, 0.2) is 0 Å². The molecule has 0 rings (SSSR count). The lowest BCUT2D eigenvalue weighted by Gasteiger charge is -2.12. The van der Waals surface area contributed by atoms with Crippen LogP contribution in [0, 0.1) is 0 Å². The van der Waals surface area contributed by atoms with E-state index in [4.69, 9.17) is 10.2 Å². The smallest absolute Gasteiger partial charge is 0.234 e. The molecule has 0 fully saturated rings. The number of aliphatic hydroxyl groups excluding tert-OH is 2. The van der Waals surface area contributed by atoms with Crippen LogP contribution in [0.15, 0.2) is 0 Å². The summed E-state index contributed by atoms with van der Waals surface area (Å²) in [4.78, 5) is 11.2. The highest BCUT2D eigenvalue weighted by Crippen LogP contribution is 1.86. The first-order valence-corrected chi connectivity index (χ1v) is 4.89. The van der Waals surface area contributed by atoms with Crippen molar-refractivity contribution in [2.45, 2.75) is 32.4 Å². The van der Waals surface area contributed by atoms with Gasteiger partial charge in [0, 0.05) is 12.6 Å². The summed E-state index contributed by atoms with van der Waals surface area (Å²) in [6.45, 7) is 4.03. The molecule has 5 nitrogen and oxygen atoms in total. The molecule has 0 aromatic carbocycles. The van der Waals surface area contributed by atoms with Crippen molar-refractivity contribution < 1.29 is 15.0 Å². The van der Waals surface area contributed by atoms with Crippen LogP contribution in [-0.2, 0) is 4.79 Å². The third-order valence-electron chi connectivity index (χ3n) is 1.90. The highest BCUT2D eigenvalue weighted by molar-refractivity contribution is 5.78. The summed E-state index contributed by atoms with van der Waals surface area (Å²) < 4.78 is 0. The van der Waals surface area contributed by atoms with Crippen molar-refractivity contribution in [3.8, 4) is 0 Å². The highest BCUT2D eigenvalue weighted by Gasteiger charge is 2.06. The van der Waals surface area contributed by atoms with Gasteiger partial charge in [0.2, 0.25) is 5.91 Å². The topological polar surface area (TPSA) is 81.6 Å². The molecule has 84 valence electrons. The van der Waals surface area contributed by atoms with Gasteiger partial charge >= 0.3 is 0 Å². The zero-order valence-electron chi connectivity index (χ0n) is 8.79. The molecule has 5 heteroatoms. The summed E-state index contributed by atoms with van der Waals surface area (Å²) in [7, 11) is 0. The molecule has 2 atom stereocenters. The maximum Gasteiger partial charge on any atom is 0.234 e. The molecule has 4 N–H and O–H groups in total. The average molecular weight is 204 g/mol. The minimum atomic E-state index is -0.800. The second kappa shape index (κ2) is 7.73. The van der Waals surface area contributed by atoms with Crippen molar-refractivity contribution in [1.82, 2.24) is 10.6 Å². The molecule has 0 aliphatic heterocycles. The Morgan fingerprint density at radius 1 is 1.50 bits per heavy atom. The molecule has 0 aliphatic carbocycles. The SMILES string of the molecule is CCC(C)NC(=O)CNCC(O)CO. The van der Waals surface area contributed by atoms with E-state index >= 15 is 0 Å². The number of rotatable bonds is 7. The van der Waals surface area contributed by atoms with Crippen molar-refractivity contribution in [1.29, 1.82) is 0 Å². The number of aliphatic hydroxyl groups is 2. The monoisotopic (exact) mass is 204 g/mol. The van der Waals surface area contributed by atoms with Gasteiger partial charge in [-0.25, -0.2) is 0 Å². The summed E-state index contributed by atoms with van der Waals surface area (Å²) in [5.41, 5.74) is 0. The number of amides is 1. The second-order valence-electron chi connectivity index (χ2n) is 3.34. The van der Waals surface area contributed by atoms with Crippen molar-refractivity contribution in [3.63, 3.8) is 0 Å². The van der Waals surface area contributed by atoms with Gasteiger partial charge in [-0.15, -0.1) is 0 Å². The number of hydrogen-bond donors (Lipinski definition) is 4. The maximum atomic E-state index is 11.2. The number of nitrogens with one attached hydrogen (secondary N) is 2. The zero-order chi connectivity index (χ0) is 11.0. The van der Waals surface area contributed by atoms with Crippen LogP contribution in [0.1, 0.15) is 20.3 Å². The largest absolute Gasteiger partial charge is 0.394 e. The van der Waals surface area contributed by atoms with E-state index in [0.29, 0.717) is 0 Å². The van der Waals surface area contributed by atoms with Crippen LogP contribution in [-0.4, -0.2) is 48.0 Å². The Morgan fingerprint density at radius 2 is 2.14 bits per heavy atom. The minimum Gasteiger partial charge on any atom is -0.394 e. The fourth-order valence-corrected chi connectivity index (χ4v) is 0.845. The van der Waals surface area contributed by atoms with Crippen molar-refractivity contribution in [2.24, 2.45) is 0 Å². The fraction of sp³-hybridized carbons (Fsp3) is 0.889. The van der Waals surface area contributed by atoms with Crippen LogP contribution >= 0.6 is 0 Å². The van der Waals surface area contributed by atoms with Gasteiger partial charge < -0.3 is 20.8 Å². The summed E-state index contributed by atoms with van der Waals surface area (Å²) in [5.74, 6) is -0.0931.